The number of alkyl halides is 1. The summed E-state index contributed by atoms with van der Waals surface area (Å²) in [4.78, 5) is 10.9. The van der Waals surface area contributed by atoms with Gasteiger partial charge in [-0.1, -0.05) is 22.6 Å². The average Bonchev–Trinajstić information content (AvgIpc) is 2.63. The molecule has 1 aromatic carbocycles. The van der Waals surface area contributed by atoms with Gasteiger partial charge in [0.1, 0.15) is 12.4 Å². The van der Waals surface area contributed by atoms with Crippen molar-refractivity contribution in [2.75, 3.05) is 69.2 Å². The molecular weight excluding hydrogens is 453 g/mol. The first-order chi connectivity index (χ1) is 12.7. The van der Waals surface area contributed by atoms with E-state index in [2.05, 4.69) is 27.9 Å². The molecule has 1 N–H and O–H groups in total. The number of hydrogen-bond acceptors (Lipinski definition) is 6. The molecule has 0 unspecified atom stereocenters. The molecule has 7 nitrogen and oxygen atoms in total. The Morgan fingerprint density at radius 1 is 0.808 bits per heavy atom. The number of carbonyl (C=O) groups is 1. The molecule has 148 valence electrons. The first kappa shape index (κ1) is 23.1. The predicted molar refractivity (Wildman–Crippen MR) is 108 cm³/mol. The fourth-order valence-electron chi connectivity index (χ4n) is 1.87. The van der Waals surface area contributed by atoms with Gasteiger partial charge in [0.05, 0.1) is 52.9 Å². The maximum atomic E-state index is 10.9. The minimum atomic E-state index is -0.0958. The van der Waals surface area contributed by atoms with Crippen molar-refractivity contribution in [2.45, 2.75) is 6.92 Å². The Bertz CT molecular complexity index is 471. The summed E-state index contributed by atoms with van der Waals surface area (Å²) in [6.07, 6.45) is 0. The second kappa shape index (κ2) is 16.2. The van der Waals surface area contributed by atoms with Gasteiger partial charge in [-0.25, -0.2) is 0 Å². The van der Waals surface area contributed by atoms with Crippen LogP contribution in [-0.2, 0) is 23.7 Å². The molecule has 0 aliphatic carbocycles. The Morgan fingerprint density at radius 2 is 1.27 bits per heavy atom. The molecule has 0 aliphatic rings. The van der Waals surface area contributed by atoms with E-state index < -0.39 is 0 Å². The SMILES string of the molecule is CC(=O)Nc1ccc(OCCOCCOCCOCCOCCI)cc1. The van der Waals surface area contributed by atoms with Crippen molar-refractivity contribution in [3.63, 3.8) is 0 Å². The summed E-state index contributed by atoms with van der Waals surface area (Å²) in [5.74, 6) is 0.639. The largest absolute Gasteiger partial charge is 0.491 e. The van der Waals surface area contributed by atoms with Crippen LogP contribution in [-0.4, -0.2) is 69.8 Å². The van der Waals surface area contributed by atoms with Crippen LogP contribution in [0.1, 0.15) is 6.92 Å². The summed E-state index contributed by atoms with van der Waals surface area (Å²) < 4.78 is 28.1. The molecule has 0 saturated carbocycles. The lowest BCUT2D eigenvalue weighted by atomic mass is 10.3. The molecule has 0 aromatic heterocycles. The van der Waals surface area contributed by atoms with Gasteiger partial charge in [-0.15, -0.1) is 0 Å². The van der Waals surface area contributed by atoms with Crippen LogP contribution in [0.3, 0.4) is 0 Å². The third-order valence-corrected chi connectivity index (χ3v) is 3.45. The predicted octanol–water partition coefficient (Wildman–Crippen LogP) is 2.53. The normalized spacial score (nSPS) is 10.7. The number of amides is 1. The zero-order valence-corrected chi connectivity index (χ0v) is 17.4. The maximum absolute atomic E-state index is 10.9. The minimum Gasteiger partial charge on any atom is -0.491 e. The fourth-order valence-corrected chi connectivity index (χ4v) is 2.18. The monoisotopic (exact) mass is 481 g/mol. The number of carbonyl (C=O) groups excluding carboxylic acids is 1. The van der Waals surface area contributed by atoms with Gasteiger partial charge in [0.25, 0.3) is 0 Å². The highest BCUT2D eigenvalue weighted by Gasteiger charge is 1.98. The fraction of sp³-hybridized carbons (Fsp3) is 0.611. The average molecular weight is 481 g/mol. The molecule has 1 rings (SSSR count). The highest BCUT2D eigenvalue weighted by molar-refractivity contribution is 14.1. The van der Waals surface area contributed by atoms with E-state index in [1.807, 2.05) is 0 Å². The third-order valence-electron chi connectivity index (χ3n) is 3.01. The zero-order chi connectivity index (χ0) is 18.9. The van der Waals surface area contributed by atoms with Crippen LogP contribution >= 0.6 is 22.6 Å². The first-order valence-electron chi connectivity index (χ1n) is 8.59. The molecule has 0 bridgehead atoms. The molecule has 1 aromatic rings. The second-order valence-electron chi connectivity index (χ2n) is 5.19. The molecule has 1 amide bonds. The Balaban J connectivity index is 1.87. The van der Waals surface area contributed by atoms with E-state index in [0.717, 1.165) is 22.5 Å². The summed E-state index contributed by atoms with van der Waals surface area (Å²) in [6, 6.07) is 7.20. The van der Waals surface area contributed by atoms with Crippen molar-refractivity contribution in [3.8, 4) is 5.75 Å². The Hall–Kier alpha value is -0.940. The van der Waals surface area contributed by atoms with Crippen LogP contribution in [0.25, 0.3) is 0 Å². The molecule has 26 heavy (non-hydrogen) atoms. The number of benzene rings is 1. The van der Waals surface area contributed by atoms with E-state index >= 15 is 0 Å². The lowest BCUT2D eigenvalue weighted by Crippen LogP contribution is -2.14. The van der Waals surface area contributed by atoms with Crippen LogP contribution in [0.4, 0.5) is 5.69 Å². The van der Waals surface area contributed by atoms with Gasteiger partial charge in [0.2, 0.25) is 5.91 Å². The molecule has 0 atom stereocenters. The van der Waals surface area contributed by atoms with E-state index in [9.17, 15) is 4.79 Å². The van der Waals surface area contributed by atoms with Crippen molar-refractivity contribution in [2.24, 2.45) is 0 Å². The van der Waals surface area contributed by atoms with Crippen molar-refractivity contribution >= 4 is 34.2 Å². The van der Waals surface area contributed by atoms with Gasteiger partial charge in [0, 0.05) is 17.0 Å². The van der Waals surface area contributed by atoms with E-state index in [1.54, 1.807) is 24.3 Å². The Kier molecular flexibility index (Phi) is 14.4. The summed E-state index contributed by atoms with van der Waals surface area (Å²) in [7, 11) is 0. The van der Waals surface area contributed by atoms with Gasteiger partial charge in [0.15, 0.2) is 0 Å². The van der Waals surface area contributed by atoms with Gasteiger partial charge >= 0.3 is 0 Å². The number of hydrogen-bond donors (Lipinski definition) is 1. The van der Waals surface area contributed by atoms with E-state index in [0.29, 0.717) is 52.9 Å². The molecule has 0 saturated heterocycles. The highest BCUT2D eigenvalue weighted by Crippen LogP contribution is 2.15. The summed E-state index contributed by atoms with van der Waals surface area (Å²) in [5.41, 5.74) is 0.746. The van der Waals surface area contributed by atoms with Gasteiger partial charge in [-0.2, -0.15) is 0 Å². The first-order valence-corrected chi connectivity index (χ1v) is 10.1. The molecule has 0 aliphatic heterocycles. The topological polar surface area (TPSA) is 75.3 Å². The van der Waals surface area contributed by atoms with Crippen LogP contribution in [0.2, 0.25) is 0 Å². The van der Waals surface area contributed by atoms with Gasteiger partial charge in [-0.05, 0) is 24.3 Å². The highest BCUT2D eigenvalue weighted by atomic mass is 127. The van der Waals surface area contributed by atoms with E-state index in [4.69, 9.17) is 23.7 Å². The lowest BCUT2D eigenvalue weighted by Gasteiger charge is -2.09. The lowest BCUT2D eigenvalue weighted by molar-refractivity contribution is -0.114. The van der Waals surface area contributed by atoms with Crippen LogP contribution < -0.4 is 10.1 Å². The van der Waals surface area contributed by atoms with E-state index in [-0.39, 0.29) is 5.91 Å². The Morgan fingerprint density at radius 3 is 1.73 bits per heavy atom. The third kappa shape index (κ3) is 13.3. The van der Waals surface area contributed by atoms with Gasteiger partial charge in [-0.3, -0.25) is 4.79 Å². The minimum absolute atomic E-state index is 0.0958. The summed E-state index contributed by atoms with van der Waals surface area (Å²) in [5, 5.41) is 2.70. The van der Waals surface area contributed by atoms with Crippen molar-refractivity contribution < 1.29 is 28.5 Å². The van der Waals surface area contributed by atoms with Crippen molar-refractivity contribution in [1.82, 2.24) is 0 Å². The quantitative estimate of drug-likeness (QED) is 0.222. The molecule has 0 heterocycles. The number of nitrogens with one attached hydrogen (secondary N) is 1. The maximum Gasteiger partial charge on any atom is 0.221 e. The smallest absolute Gasteiger partial charge is 0.221 e. The van der Waals surface area contributed by atoms with E-state index in [1.165, 1.54) is 6.92 Å². The molecule has 0 spiro atoms. The number of rotatable bonds is 16. The van der Waals surface area contributed by atoms with Crippen LogP contribution in [0.15, 0.2) is 24.3 Å². The molecule has 8 heteroatoms. The van der Waals surface area contributed by atoms with Crippen molar-refractivity contribution in [3.05, 3.63) is 24.3 Å². The van der Waals surface area contributed by atoms with Crippen LogP contribution in [0, 0.1) is 0 Å². The standard InChI is InChI=1S/C18H28INO6/c1-16(21)20-17-2-4-18(5-3-17)26-15-14-25-13-12-24-11-10-23-9-8-22-7-6-19/h2-5H,6-15H2,1H3,(H,20,21). The zero-order valence-electron chi connectivity index (χ0n) is 15.2. The van der Waals surface area contributed by atoms with Crippen molar-refractivity contribution in [1.29, 1.82) is 0 Å². The molecular formula is C18H28INO6. The number of anilines is 1. The number of ether oxygens (including phenoxy) is 5. The summed E-state index contributed by atoms with van der Waals surface area (Å²) in [6.45, 7) is 6.57. The molecule has 0 radical (unpaired) electrons. The van der Waals surface area contributed by atoms with Gasteiger partial charge < -0.3 is 29.0 Å². The second-order valence-corrected chi connectivity index (χ2v) is 6.27. The van der Waals surface area contributed by atoms with Crippen LogP contribution in [0.5, 0.6) is 5.75 Å². The Labute approximate surface area is 168 Å². The number of halogens is 1. The summed E-state index contributed by atoms with van der Waals surface area (Å²) >= 11 is 2.27. The molecule has 0 fully saturated rings.